The number of fused-ring (bicyclic) bond motifs is 1. The zero-order chi connectivity index (χ0) is 18.0. The third-order valence-corrected chi connectivity index (χ3v) is 4.87. The van der Waals surface area contributed by atoms with Crippen LogP contribution in [0, 0.1) is 5.82 Å². The number of hydrogen-bond acceptors (Lipinski definition) is 4. The fourth-order valence-electron chi connectivity index (χ4n) is 2.61. The molecule has 5 nitrogen and oxygen atoms in total. The maximum atomic E-state index is 13.3. The van der Waals surface area contributed by atoms with Crippen molar-refractivity contribution in [2.75, 3.05) is 14.2 Å². The normalized spacial score (nSPS) is 11.8. The quantitative estimate of drug-likeness (QED) is 0.714. The number of benzene rings is 2. The van der Waals surface area contributed by atoms with Gasteiger partial charge in [-0.25, -0.2) is 4.39 Å². The summed E-state index contributed by atoms with van der Waals surface area (Å²) in [6.45, 7) is 2.55. The lowest BCUT2D eigenvalue weighted by Gasteiger charge is -2.08. The highest BCUT2D eigenvalue weighted by molar-refractivity contribution is 7.16. The number of rotatable bonds is 4. The number of hydrogen-bond donors (Lipinski definition) is 0. The number of carbonyl (C=O) groups is 1. The van der Waals surface area contributed by atoms with Crippen molar-refractivity contribution in [1.29, 1.82) is 0 Å². The molecule has 0 spiro atoms. The van der Waals surface area contributed by atoms with Gasteiger partial charge in [-0.2, -0.15) is 4.99 Å². The summed E-state index contributed by atoms with van der Waals surface area (Å²) in [5.74, 6) is 0.395. The number of amides is 1. The molecule has 0 fully saturated rings. The molecule has 2 aromatic carbocycles. The van der Waals surface area contributed by atoms with Crippen molar-refractivity contribution in [1.82, 2.24) is 4.57 Å². The average Bonchev–Trinajstić information content (AvgIpc) is 2.98. The molecular formula is C18H17FN2O3S. The summed E-state index contributed by atoms with van der Waals surface area (Å²) in [5, 5.41) is 0. The average molecular weight is 360 g/mol. The Morgan fingerprint density at radius 1 is 1.20 bits per heavy atom. The van der Waals surface area contributed by atoms with E-state index in [1.54, 1.807) is 20.3 Å². The number of ether oxygens (including phenoxy) is 2. The number of aromatic nitrogens is 1. The number of halogens is 1. The van der Waals surface area contributed by atoms with Crippen molar-refractivity contribution in [2.45, 2.75) is 13.5 Å². The number of thiazole rings is 1. The van der Waals surface area contributed by atoms with Gasteiger partial charge in [0.05, 0.1) is 14.2 Å². The maximum Gasteiger partial charge on any atom is 0.279 e. The number of carbonyl (C=O) groups excluding carboxylic acids is 1. The molecule has 1 heterocycles. The molecule has 0 aliphatic carbocycles. The van der Waals surface area contributed by atoms with Gasteiger partial charge < -0.3 is 14.0 Å². The van der Waals surface area contributed by atoms with Crippen LogP contribution >= 0.6 is 11.3 Å². The number of methoxy groups -OCH3 is 2. The fraction of sp³-hybridized carbons (Fsp3) is 0.222. The standard InChI is InChI=1S/C18H17FN2O3S/c1-4-21-15-13(23-2)8-9-14(24-3)16(15)25-18(21)20-17(22)11-6-5-7-12(19)10-11/h5-10H,4H2,1-3H3. The molecule has 3 aromatic rings. The molecule has 0 saturated carbocycles. The number of nitrogens with zero attached hydrogens (tertiary/aromatic N) is 2. The van der Waals surface area contributed by atoms with E-state index >= 15 is 0 Å². The molecule has 0 unspecified atom stereocenters. The molecular weight excluding hydrogens is 343 g/mol. The molecule has 0 aliphatic rings. The van der Waals surface area contributed by atoms with E-state index in [0.29, 0.717) is 22.8 Å². The molecule has 3 rings (SSSR count). The maximum absolute atomic E-state index is 13.3. The molecule has 1 aromatic heterocycles. The van der Waals surface area contributed by atoms with E-state index < -0.39 is 11.7 Å². The molecule has 0 atom stereocenters. The minimum Gasteiger partial charge on any atom is -0.495 e. The first-order chi connectivity index (χ1) is 12.1. The van der Waals surface area contributed by atoms with Crippen molar-refractivity contribution in [3.8, 4) is 11.5 Å². The van der Waals surface area contributed by atoms with E-state index in [9.17, 15) is 9.18 Å². The monoisotopic (exact) mass is 360 g/mol. The van der Waals surface area contributed by atoms with E-state index in [1.165, 1.54) is 29.5 Å². The second kappa shape index (κ2) is 7.06. The summed E-state index contributed by atoms with van der Waals surface area (Å²) in [4.78, 5) is 17.1. The van der Waals surface area contributed by atoms with Gasteiger partial charge in [0.2, 0.25) is 0 Å². The molecule has 7 heteroatoms. The zero-order valence-corrected chi connectivity index (χ0v) is 14.9. The summed E-state index contributed by atoms with van der Waals surface area (Å²) in [7, 11) is 3.18. The largest absolute Gasteiger partial charge is 0.495 e. The summed E-state index contributed by atoms with van der Waals surface area (Å²) in [5.41, 5.74) is 1.03. The Morgan fingerprint density at radius 2 is 1.92 bits per heavy atom. The zero-order valence-electron chi connectivity index (χ0n) is 14.1. The van der Waals surface area contributed by atoms with Crippen LogP contribution < -0.4 is 14.3 Å². The van der Waals surface area contributed by atoms with Crippen molar-refractivity contribution in [3.05, 3.63) is 52.6 Å². The first kappa shape index (κ1) is 17.2. The van der Waals surface area contributed by atoms with Gasteiger partial charge in [0.15, 0.2) is 4.80 Å². The highest BCUT2D eigenvalue weighted by Gasteiger charge is 2.16. The molecule has 0 aliphatic heterocycles. The van der Waals surface area contributed by atoms with Crippen molar-refractivity contribution >= 4 is 27.5 Å². The highest BCUT2D eigenvalue weighted by Crippen LogP contribution is 2.35. The van der Waals surface area contributed by atoms with E-state index in [2.05, 4.69) is 4.99 Å². The van der Waals surface area contributed by atoms with Gasteiger partial charge in [0.25, 0.3) is 5.91 Å². The minimum absolute atomic E-state index is 0.207. The van der Waals surface area contributed by atoms with Crippen LogP contribution in [0.1, 0.15) is 17.3 Å². The fourth-order valence-corrected chi connectivity index (χ4v) is 3.81. The Labute approximate surface area is 148 Å². The summed E-state index contributed by atoms with van der Waals surface area (Å²) in [6.07, 6.45) is 0. The molecule has 0 bridgehead atoms. The number of aryl methyl sites for hydroxylation is 1. The highest BCUT2D eigenvalue weighted by atomic mass is 32.1. The van der Waals surface area contributed by atoms with Crippen molar-refractivity contribution < 1.29 is 18.7 Å². The Morgan fingerprint density at radius 3 is 2.56 bits per heavy atom. The van der Waals surface area contributed by atoms with E-state index in [1.807, 2.05) is 23.6 Å². The first-order valence-electron chi connectivity index (χ1n) is 7.68. The summed E-state index contributed by atoms with van der Waals surface area (Å²) in [6, 6.07) is 9.13. The lowest BCUT2D eigenvalue weighted by molar-refractivity contribution is 0.0997. The third kappa shape index (κ3) is 3.15. The molecule has 0 N–H and O–H groups in total. The van der Waals surface area contributed by atoms with Crippen molar-refractivity contribution in [2.24, 2.45) is 4.99 Å². The van der Waals surface area contributed by atoms with Crippen LogP contribution in [0.15, 0.2) is 41.4 Å². The lowest BCUT2D eigenvalue weighted by Crippen LogP contribution is -2.16. The topological polar surface area (TPSA) is 52.8 Å². The molecule has 0 radical (unpaired) electrons. The third-order valence-electron chi connectivity index (χ3n) is 3.78. The SMILES string of the molecule is CCn1c(=NC(=O)c2cccc(F)c2)sc2c(OC)ccc(OC)c21. The van der Waals surface area contributed by atoms with Gasteiger partial charge in [-0.3, -0.25) is 4.79 Å². The van der Waals surface area contributed by atoms with Gasteiger partial charge in [0.1, 0.15) is 27.5 Å². The lowest BCUT2D eigenvalue weighted by atomic mass is 10.2. The first-order valence-corrected chi connectivity index (χ1v) is 8.49. The Hall–Kier alpha value is -2.67. The van der Waals surface area contributed by atoms with Crippen LogP contribution in [-0.4, -0.2) is 24.7 Å². The van der Waals surface area contributed by atoms with Crippen LogP contribution in [0.25, 0.3) is 10.2 Å². The van der Waals surface area contributed by atoms with Crippen molar-refractivity contribution in [3.63, 3.8) is 0 Å². The molecule has 25 heavy (non-hydrogen) atoms. The molecule has 0 saturated heterocycles. The van der Waals surface area contributed by atoms with Crippen LogP contribution in [0.5, 0.6) is 11.5 Å². The van der Waals surface area contributed by atoms with Crippen LogP contribution in [0.3, 0.4) is 0 Å². The minimum atomic E-state index is -0.494. The summed E-state index contributed by atoms with van der Waals surface area (Å²) < 4.78 is 26.9. The predicted octanol–water partition coefficient (Wildman–Crippen LogP) is 3.62. The van der Waals surface area contributed by atoms with Gasteiger partial charge in [-0.05, 0) is 37.3 Å². The Bertz CT molecular complexity index is 1010. The van der Waals surface area contributed by atoms with E-state index in [0.717, 1.165) is 10.2 Å². The second-order valence-electron chi connectivity index (χ2n) is 5.20. The summed E-state index contributed by atoms with van der Waals surface area (Å²) >= 11 is 1.33. The smallest absolute Gasteiger partial charge is 0.279 e. The second-order valence-corrected chi connectivity index (χ2v) is 6.18. The van der Waals surface area contributed by atoms with Gasteiger partial charge in [0, 0.05) is 12.1 Å². The molecule has 130 valence electrons. The predicted molar refractivity (Wildman–Crippen MR) is 94.9 cm³/mol. The Kier molecular flexibility index (Phi) is 4.85. The van der Waals surface area contributed by atoms with E-state index in [4.69, 9.17) is 9.47 Å². The van der Waals surface area contributed by atoms with Crippen LogP contribution in [0.4, 0.5) is 4.39 Å². The molecule has 1 amide bonds. The van der Waals surface area contributed by atoms with Gasteiger partial charge in [-0.15, -0.1) is 0 Å². The van der Waals surface area contributed by atoms with Gasteiger partial charge in [-0.1, -0.05) is 17.4 Å². The Balaban J connectivity index is 2.24. The van der Waals surface area contributed by atoms with E-state index in [-0.39, 0.29) is 5.56 Å². The van der Waals surface area contributed by atoms with Crippen LogP contribution in [-0.2, 0) is 6.54 Å². The van der Waals surface area contributed by atoms with Gasteiger partial charge >= 0.3 is 0 Å². The van der Waals surface area contributed by atoms with Crippen LogP contribution in [0.2, 0.25) is 0 Å².